The maximum Gasteiger partial charge on any atom is 0.256 e. The highest BCUT2D eigenvalue weighted by Gasteiger charge is 2.13. The van der Waals surface area contributed by atoms with Crippen LogP contribution >= 0.6 is 0 Å². The van der Waals surface area contributed by atoms with Gasteiger partial charge in [-0.3, -0.25) is 9.48 Å². The fourth-order valence-electron chi connectivity index (χ4n) is 2.52. The first kappa shape index (κ1) is 16.8. The van der Waals surface area contributed by atoms with Gasteiger partial charge in [-0.1, -0.05) is 13.0 Å². The summed E-state index contributed by atoms with van der Waals surface area (Å²) >= 11 is 0. The highest BCUT2D eigenvalue weighted by Crippen LogP contribution is 2.20. The van der Waals surface area contributed by atoms with Crippen LogP contribution in [0.25, 0.3) is 0 Å². The molecule has 0 aliphatic heterocycles. The lowest BCUT2D eigenvalue weighted by Gasteiger charge is -2.14. The summed E-state index contributed by atoms with van der Waals surface area (Å²) in [6.45, 7) is 4.16. The number of aromatic nitrogens is 4. The molecule has 1 unspecified atom stereocenters. The smallest absolute Gasteiger partial charge is 0.256 e. The quantitative estimate of drug-likeness (QED) is 0.720. The average molecular weight is 338 g/mol. The van der Waals surface area contributed by atoms with Gasteiger partial charge >= 0.3 is 0 Å². The third-order valence-electron chi connectivity index (χ3n) is 4.04. The van der Waals surface area contributed by atoms with E-state index in [1.165, 1.54) is 0 Å². The number of amides is 1. The van der Waals surface area contributed by atoms with E-state index in [4.69, 9.17) is 0 Å². The first-order valence-electron chi connectivity index (χ1n) is 8.27. The van der Waals surface area contributed by atoms with Crippen LogP contribution in [-0.2, 0) is 7.05 Å². The molecule has 7 nitrogen and oxygen atoms in total. The van der Waals surface area contributed by atoms with Crippen LogP contribution in [0.4, 0.5) is 17.2 Å². The highest BCUT2D eigenvalue weighted by molar-refractivity contribution is 6.04. The van der Waals surface area contributed by atoms with Crippen LogP contribution in [0.15, 0.2) is 48.9 Å². The van der Waals surface area contributed by atoms with Crippen LogP contribution in [0.3, 0.4) is 0 Å². The van der Waals surface area contributed by atoms with E-state index >= 15 is 0 Å². The number of hydrogen-bond donors (Lipinski definition) is 2. The third kappa shape index (κ3) is 3.88. The van der Waals surface area contributed by atoms with Crippen molar-refractivity contribution in [2.75, 3.05) is 10.6 Å². The maximum atomic E-state index is 12.6. The van der Waals surface area contributed by atoms with Crippen molar-refractivity contribution in [1.29, 1.82) is 0 Å². The number of hydrogen-bond acceptors (Lipinski definition) is 4. The van der Waals surface area contributed by atoms with Crippen molar-refractivity contribution in [2.24, 2.45) is 7.05 Å². The molecule has 25 heavy (non-hydrogen) atoms. The van der Waals surface area contributed by atoms with Gasteiger partial charge in [0.25, 0.3) is 5.91 Å². The van der Waals surface area contributed by atoms with Crippen LogP contribution in [0.1, 0.15) is 36.7 Å². The summed E-state index contributed by atoms with van der Waals surface area (Å²) in [5, 5.41) is 14.6. The molecule has 130 valence electrons. The Bertz CT molecular complexity index is 866. The Kier molecular flexibility index (Phi) is 4.83. The van der Waals surface area contributed by atoms with Crippen molar-refractivity contribution in [1.82, 2.24) is 19.6 Å². The zero-order valence-corrected chi connectivity index (χ0v) is 14.6. The molecule has 1 atom stereocenters. The van der Waals surface area contributed by atoms with Gasteiger partial charge in [-0.15, -0.1) is 0 Å². The molecule has 0 radical (unpaired) electrons. The lowest BCUT2D eigenvalue weighted by molar-refractivity contribution is 0.102. The van der Waals surface area contributed by atoms with Gasteiger partial charge in [-0.25, -0.2) is 4.68 Å². The topological polar surface area (TPSA) is 76.8 Å². The Hall–Kier alpha value is -3.09. The van der Waals surface area contributed by atoms with Gasteiger partial charge in [-0.2, -0.15) is 10.2 Å². The zero-order chi connectivity index (χ0) is 17.8. The number of nitrogens with one attached hydrogen (secondary N) is 2. The molecule has 2 aromatic heterocycles. The molecule has 1 amide bonds. The molecular formula is C18H22N6O. The van der Waals surface area contributed by atoms with Crippen molar-refractivity contribution in [2.45, 2.75) is 26.3 Å². The minimum absolute atomic E-state index is 0.167. The molecule has 0 fully saturated rings. The van der Waals surface area contributed by atoms with Gasteiger partial charge in [0.1, 0.15) is 5.82 Å². The van der Waals surface area contributed by atoms with E-state index in [0.717, 1.165) is 17.8 Å². The summed E-state index contributed by atoms with van der Waals surface area (Å²) < 4.78 is 3.55. The van der Waals surface area contributed by atoms with Crippen molar-refractivity contribution in [3.63, 3.8) is 0 Å². The monoisotopic (exact) mass is 338 g/mol. The molecule has 2 heterocycles. The second kappa shape index (κ2) is 7.21. The molecule has 7 heteroatoms. The van der Waals surface area contributed by atoms with Crippen molar-refractivity contribution in [3.05, 3.63) is 54.5 Å². The van der Waals surface area contributed by atoms with Gasteiger partial charge in [0.2, 0.25) is 0 Å². The number of carbonyl (C=O) groups is 1. The standard InChI is InChI=1S/C18H22N6O/c1-4-13(2)24-17(8-9-19-24)22-18(25)14-6-5-7-15(10-14)21-16-11-20-23(3)12-16/h5-13,21H,4H2,1-3H3,(H,22,25). The summed E-state index contributed by atoms with van der Waals surface area (Å²) in [6, 6.07) is 9.39. The van der Waals surface area contributed by atoms with Crippen LogP contribution < -0.4 is 10.6 Å². The summed E-state index contributed by atoms with van der Waals surface area (Å²) in [7, 11) is 1.86. The fourth-order valence-corrected chi connectivity index (χ4v) is 2.52. The van der Waals surface area contributed by atoms with Gasteiger partial charge in [0, 0.05) is 30.6 Å². The molecule has 3 rings (SSSR count). The largest absolute Gasteiger partial charge is 0.353 e. The highest BCUT2D eigenvalue weighted by atomic mass is 16.1. The molecule has 0 saturated carbocycles. The third-order valence-corrected chi connectivity index (χ3v) is 4.04. The van der Waals surface area contributed by atoms with Gasteiger partial charge < -0.3 is 10.6 Å². The molecule has 0 aliphatic carbocycles. The summed E-state index contributed by atoms with van der Waals surface area (Å²) in [5.41, 5.74) is 2.27. The zero-order valence-electron chi connectivity index (χ0n) is 14.6. The molecule has 0 bridgehead atoms. The van der Waals surface area contributed by atoms with Crippen molar-refractivity contribution < 1.29 is 4.79 Å². The Labute approximate surface area is 146 Å². The molecule has 1 aromatic carbocycles. The first-order valence-corrected chi connectivity index (χ1v) is 8.27. The van der Waals surface area contributed by atoms with Gasteiger partial charge in [-0.05, 0) is 31.5 Å². The molecule has 3 aromatic rings. The second-order valence-electron chi connectivity index (χ2n) is 5.98. The molecular weight excluding hydrogens is 316 g/mol. The summed E-state index contributed by atoms with van der Waals surface area (Å²) in [5.74, 6) is 0.532. The summed E-state index contributed by atoms with van der Waals surface area (Å²) in [4.78, 5) is 12.6. The number of rotatable bonds is 6. The maximum absolute atomic E-state index is 12.6. The number of benzene rings is 1. The van der Waals surface area contributed by atoms with Crippen LogP contribution in [-0.4, -0.2) is 25.5 Å². The van der Waals surface area contributed by atoms with Gasteiger partial charge in [0.15, 0.2) is 0 Å². The van der Waals surface area contributed by atoms with E-state index in [1.54, 1.807) is 23.1 Å². The van der Waals surface area contributed by atoms with Crippen molar-refractivity contribution in [3.8, 4) is 0 Å². The Balaban J connectivity index is 1.74. The predicted octanol–water partition coefficient (Wildman–Crippen LogP) is 3.58. The second-order valence-corrected chi connectivity index (χ2v) is 5.98. The first-order chi connectivity index (χ1) is 12.1. The molecule has 0 saturated heterocycles. The van der Waals surface area contributed by atoms with E-state index in [2.05, 4.69) is 34.7 Å². The van der Waals surface area contributed by atoms with E-state index in [1.807, 2.05) is 42.2 Å². The van der Waals surface area contributed by atoms with E-state index in [-0.39, 0.29) is 11.9 Å². The number of aryl methyl sites for hydroxylation is 1. The van der Waals surface area contributed by atoms with Crippen molar-refractivity contribution >= 4 is 23.1 Å². The normalized spacial score (nSPS) is 12.0. The minimum Gasteiger partial charge on any atom is -0.353 e. The SMILES string of the molecule is CCC(C)n1nccc1NC(=O)c1cccc(Nc2cnn(C)c2)c1. The Morgan fingerprint density at radius 1 is 1.24 bits per heavy atom. The van der Waals surface area contributed by atoms with E-state index in [9.17, 15) is 4.79 Å². The molecule has 2 N–H and O–H groups in total. The summed E-state index contributed by atoms with van der Waals surface area (Å²) in [6.07, 6.45) is 6.24. The van der Waals surface area contributed by atoms with E-state index in [0.29, 0.717) is 11.4 Å². The molecule has 0 aliphatic rings. The minimum atomic E-state index is -0.167. The Morgan fingerprint density at radius 2 is 2.08 bits per heavy atom. The van der Waals surface area contributed by atoms with Crippen LogP contribution in [0.5, 0.6) is 0 Å². The Morgan fingerprint density at radius 3 is 2.80 bits per heavy atom. The fraction of sp³-hybridized carbons (Fsp3) is 0.278. The average Bonchev–Trinajstić information content (AvgIpc) is 3.23. The predicted molar refractivity (Wildman–Crippen MR) is 98.1 cm³/mol. The number of nitrogens with zero attached hydrogens (tertiary/aromatic N) is 4. The van der Waals surface area contributed by atoms with Gasteiger partial charge in [0.05, 0.1) is 24.1 Å². The van der Waals surface area contributed by atoms with Crippen LogP contribution in [0.2, 0.25) is 0 Å². The van der Waals surface area contributed by atoms with E-state index < -0.39 is 0 Å². The number of anilines is 3. The molecule has 0 spiro atoms. The number of carbonyl (C=O) groups excluding carboxylic acids is 1. The lowest BCUT2D eigenvalue weighted by atomic mass is 10.2. The van der Waals surface area contributed by atoms with Crippen LogP contribution in [0, 0.1) is 0 Å². The lowest BCUT2D eigenvalue weighted by Crippen LogP contribution is -2.17.